The van der Waals surface area contributed by atoms with Gasteiger partial charge >= 0.3 is 0 Å². The lowest BCUT2D eigenvalue weighted by Gasteiger charge is -2.29. The van der Waals surface area contributed by atoms with Crippen molar-refractivity contribution >= 4 is 5.95 Å². The zero-order chi connectivity index (χ0) is 19.7. The third-order valence-electron chi connectivity index (χ3n) is 5.03. The molecule has 9 heteroatoms. The topological polar surface area (TPSA) is 90.5 Å². The van der Waals surface area contributed by atoms with E-state index in [-0.39, 0.29) is 17.6 Å². The third-order valence-corrected chi connectivity index (χ3v) is 5.03. The summed E-state index contributed by atoms with van der Waals surface area (Å²) in [6.45, 7) is 3.89. The number of halogens is 1. The first kappa shape index (κ1) is 18.3. The van der Waals surface area contributed by atoms with Crippen LogP contribution in [0.4, 0.5) is 10.3 Å². The van der Waals surface area contributed by atoms with Crippen LogP contribution >= 0.6 is 0 Å². The second kappa shape index (κ2) is 7.49. The number of hydrogen-bond donors (Lipinski definition) is 1. The van der Waals surface area contributed by atoms with Crippen LogP contribution in [0.25, 0.3) is 5.82 Å². The molecule has 3 aromatic heterocycles. The number of hydrogen-bond acceptors (Lipinski definition) is 6. The minimum atomic E-state index is -0.456. The van der Waals surface area contributed by atoms with Gasteiger partial charge in [-0.05, 0) is 51.7 Å². The maximum absolute atomic E-state index is 12.9. The molecule has 3 heterocycles. The van der Waals surface area contributed by atoms with Gasteiger partial charge in [-0.15, -0.1) is 5.10 Å². The summed E-state index contributed by atoms with van der Waals surface area (Å²) < 4.78 is 16.3. The molecule has 3 aromatic rings. The fourth-order valence-electron chi connectivity index (χ4n) is 3.68. The summed E-state index contributed by atoms with van der Waals surface area (Å²) >= 11 is 0. The monoisotopic (exact) mass is 383 g/mol. The summed E-state index contributed by atoms with van der Waals surface area (Å²) in [5.41, 5.74) is 1.78. The number of anilines is 1. The number of aromatic nitrogens is 6. The van der Waals surface area contributed by atoms with E-state index >= 15 is 0 Å². The Hall–Kier alpha value is -3.10. The summed E-state index contributed by atoms with van der Waals surface area (Å²) in [6.07, 6.45) is 5.62. The summed E-state index contributed by atoms with van der Waals surface area (Å²) in [4.78, 5) is 20.3. The Balaban J connectivity index is 1.47. The first-order chi connectivity index (χ1) is 13.5. The zero-order valence-corrected chi connectivity index (χ0v) is 15.8. The minimum absolute atomic E-state index is 0.0385. The van der Waals surface area contributed by atoms with E-state index in [9.17, 15) is 9.18 Å². The smallest absolute Gasteiger partial charge is 0.267 e. The maximum Gasteiger partial charge on any atom is 0.267 e. The van der Waals surface area contributed by atoms with Gasteiger partial charge in [0.15, 0.2) is 11.6 Å². The van der Waals surface area contributed by atoms with Crippen molar-refractivity contribution < 1.29 is 4.39 Å². The Labute approximate surface area is 161 Å². The molecule has 0 amide bonds. The van der Waals surface area contributed by atoms with E-state index in [1.165, 1.54) is 0 Å². The average molecular weight is 383 g/mol. The fourth-order valence-corrected chi connectivity index (χ4v) is 3.68. The highest BCUT2D eigenvalue weighted by atomic mass is 19.1. The molecule has 0 unspecified atom stereocenters. The van der Waals surface area contributed by atoms with Gasteiger partial charge in [0.1, 0.15) is 0 Å². The van der Waals surface area contributed by atoms with Crippen molar-refractivity contribution in [3.05, 3.63) is 58.2 Å². The molecule has 0 radical (unpaired) electrons. The number of nitrogens with one attached hydrogen (secondary N) is 1. The number of nitrogens with zero attached hydrogens (tertiary/aromatic N) is 6. The lowest BCUT2D eigenvalue weighted by Crippen LogP contribution is -2.34. The molecule has 0 spiro atoms. The molecule has 1 N–H and O–H groups in total. The quantitative estimate of drug-likeness (QED) is 0.745. The Morgan fingerprint density at radius 3 is 2.43 bits per heavy atom. The van der Waals surface area contributed by atoms with Crippen molar-refractivity contribution in [2.24, 2.45) is 0 Å². The van der Waals surface area contributed by atoms with E-state index in [1.54, 1.807) is 21.5 Å². The van der Waals surface area contributed by atoms with Crippen LogP contribution in [-0.4, -0.2) is 35.6 Å². The molecule has 146 valence electrons. The van der Waals surface area contributed by atoms with Crippen molar-refractivity contribution in [2.75, 3.05) is 5.32 Å². The van der Waals surface area contributed by atoms with Gasteiger partial charge in [0, 0.05) is 17.8 Å². The third kappa shape index (κ3) is 3.78. The van der Waals surface area contributed by atoms with Crippen molar-refractivity contribution in [1.29, 1.82) is 0 Å². The fraction of sp³-hybridized carbons (Fsp3) is 0.421. The molecule has 1 saturated carbocycles. The van der Waals surface area contributed by atoms with E-state index in [2.05, 4.69) is 25.5 Å². The Morgan fingerprint density at radius 2 is 1.79 bits per heavy atom. The molecule has 1 fully saturated rings. The van der Waals surface area contributed by atoms with Crippen molar-refractivity contribution in [3.63, 3.8) is 0 Å². The molecule has 0 atom stereocenters. The van der Waals surface area contributed by atoms with Crippen LogP contribution in [-0.2, 0) is 0 Å². The summed E-state index contributed by atoms with van der Waals surface area (Å²) in [5, 5.41) is 12.3. The number of rotatable bonds is 4. The van der Waals surface area contributed by atoms with Gasteiger partial charge in [-0.3, -0.25) is 4.79 Å². The molecule has 0 bridgehead atoms. The SMILES string of the molecule is Cc1cc(C)n(-c2ccc(=O)n(C3CCC(Nc4ncc(F)cn4)CC3)n2)n1. The van der Waals surface area contributed by atoms with Gasteiger partial charge in [-0.1, -0.05) is 0 Å². The first-order valence-electron chi connectivity index (χ1n) is 9.37. The first-order valence-corrected chi connectivity index (χ1v) is 9.37. The second-order valence-corrected chi connectivity index (χ2v) is 7.19. The summed E-state index contributed by atoms with van der Waals surface area (Å²) in [5.74, 6) is 0.610. The Kier molecular flexibility index (Phi) is 4.89. The standard InChI is InChI=1S/C19H22FN7O/c1-12-9-13(2)26(24-12)17-7-8-18(28)27(25-17)16-5-3-15(4-6-16)23-19-21-10-14(20)11-22-19/h7-11,15-16H,3-6H2,1-2H3,(H,21,22,23). The summed E-state index contributed by atoms with van der Waals surface area (Å²) in [7, 11) is 0. The predicted molar refractivity (Wildman–Crippen MR) is 102 cm³/mol. The molecule has 28 heavy (non-hydrogen) atoms. The van der Waals surface area contributed by atoms with Crippen LogP contribution in [0.15, 0.2) is 35.4 Å². The molecule has 1 aliphatic carbocycles. The van der Waals surface area contributed by atoms with Gasteiger partial charge in [0.2, 0.25) is 5.95 Å². The lowest BCUT2D eigenvalue weighted by molar-refractivity contribution is 0.302. The van der Waals surface area contributed by atoms with Crippen molar-refractivity contribution in [2.45, 2.75) is 51.6 Å². The highest BCUT2D eigenvalue weighted by molar-refractivity contribution is 5.25. The zero-order valence-electron chi connectivity index (χ0n) is 15.8. The molecular weight excluding hydrogens is 361 g/mol. The molecule has 0 aliphatic heterocycles. The van der Waals surface area contributed by atoms with Crippen LogP contribution in [0.3, 0.4) is 0 Å². The van der Waals surface area contributed by atoms with Gasteiger partial charge in [0.05, 0.1) is 24.1 Å². The van der Waals surface area contributed by atoms with E-state index < -0.39 is 5.82 Å². The van der Waals surface area contributed by atoms with Crippen LogP contribution in [0.1, 0.15) is 43.1 Å². The normalized spacial score (nSPS) is 19.5. The van der Waals surface area contributed by atoms with Gasteiger partial charge < -0.3 is 5.32 Å². The number of aryl methyl sites for hydroxylation is 2. The minimum Gasteiger partial charge on any atom is -0.351 e. The van der Waals surface area contributed by atoms with Gasteiger partial charge in [0.25, 0.3) is 5.56 Å². The van der Waals surface area contributed by atoms with Crippen LogP contribution in [0.2, 0.25) is 0 Å². The highest BCUT2D eigenvalue weighted by Gasteiger charge is 2.24. The van der Waals surface area contributed by atoms with Crippen LogP contribution in [0, 0.1) is 19.7 Å². The van der Waals surface area contributed by atoms with Gasteiger partial charge in [-0.25, -0.2) is 23.7 Å². The molecule has 0 aromatic carbocycles. The van der Waals surface area contributed by atoms with Crippen molar-refractivity contribution in [3.8, 4) is 5.82 Å². The maximum atomic E-state index is 12.9. The van der Waals surface area contributed by atoms with E-state index in [4.69, 9.17) is 0 Å². The molecule has 1 aliphatic rings. The Morgan fingerprint density at radius 1 is 1.07 bits per heavy atom. The van der Waals surface area contributed by atoms with Crippen molar-refractivity contribution in [1.82, 2.24) is 29.5 Å². The second-order valence-electron chi connectivity index (χ2n) is 7.19. The van der Waals surface area contributed by atoms with E-state index in [1.807, 2.05) is 19.9 Å². The van der Waals surface area contributed by atoms with Gasteiger partial charge in [-0.2, -0.15) is 5.10 Å². The van der Waals surface area contributed by atoms with Crippen LogP contribution in [0.5, 0.6) is 0 Å². The molecular formula is C19H22FN7O. The molecule has 0 saturated heterocycles. The average Bonchev–Trinajstić information content (AvgIpc) is 3.03. The van der Waals surface area contributed by atoms with Crippen LogP contribution < -0.4 is 10.9 Å². The van der Waals surface area contributed by atoms with E-state index in [0.29, 0.717) is 11.8 Å². The highest BCUT2D eigenvalue weighted by Crippen LogP contribution is 2.28. The predicted octanol–water partition coefficient (Wildman–Crippen LogP) is 2.57. The lowest BCUT2D eigenvalue weighted by atomic mass is 9.91. The Bertz CT molecular complexity index is 1020. The molecule has 8 nitrogen and oxygen atoms in total. The largest absolute Gasteiger partial charge is 0.351 e. The van der Waals surface area contributed by atoms with E-state index in [0.717, 1.165) is 49.5 Å². The molecule has 4 rings (SSSR count). The summed E-state index contributed by atoms with van der Waals surface area (Å²) in [6, 6.07) is 5.46.